The molecule has 0 unspecified atom stereocenters. The summed E-state index contributed by atoms with van der Waals surface area (Å²) in [6.07, 6.45) is 2.10. The van der Waals surface area contributed by atoms with Gasteiger partial charge in [0.05, 0.1) is 6.26 Å². The number of allylic oxidation sites excluding steroid dienone is 1. The summed E-state index contributed by atoms with van der Waals surface area (Å²) in [5, 5.41) is 0. The summed E-state index contributed by atoms with van der Waals surface area (Å²) in [6, 6.07) is 0. The van der Waals surface area contributed by atoms with Crippen molar-refractivity contribution in [2.75, 3.05) is 0 Å². The molecule has 0 saturated heterocycles. The van der Waals surface area contributed by atoms with Gasteiger partial charge in [0, 0.05) is 0 Å². The van der Waals surface area contributed by atoms with Crippen LogP contribution in [0.1, 0.15) is 39.0 Å². The van der Waals surface area contributed by atoms with Crippen molar-refractivity contribution < 1.29 is 22.7 Å². The van der Waals surface area contributed by atoms with E-state index in [2.05, 4.69) is 11.7 Å². The lowest BCUT2D eigenvalue weighted by Crippen LogP contribution is -2.23. The van der Waals surface area contributed by atoms with Crippen molar-refractivity contribution in [3.8, 4) is 0 Å². The molecule has 0 atom stereocenters. The molecule has 15 heavy (non-hydrogen) atoms. The summed E-state index contributed by atoms with van der Waals surface area (Å²) >= 11 is 0. The second kappa shape index (κ2) is 7.31. The summed E-state index contributed by atoms with van der Waals surface area (Å²) in [7, 11) is 0. The second-order valence-electron chi connectivity index (χ2n) is 3.12. The molecule has 0 saturated carbocycles. The van der Waals surface area contributed by atoms with Gasteiger partial charge in [0.15, 0.2) is 0 Å². The Morgan fingerprint density at radius 1 is 1.27 bits per heavy atom. The Bertz CT molecular complexity index is 209. The van der Waals surface area contributed by atoms with Crippen LogP contribution in [0.3, 0.4) is 0 Å². The molecule has 0 aromatic heterocycles. The maximum atomic E-state index is 11.6. The van der Waals surface area contributed by atoms with E-state index in [1.165, 1.54) is 6.08 Å². The number of esters is 1. The highest BCUT2D eigenvalue weighted by molar-refractivity contribution is 5.76. The molecule has 0 radical (unpaired) electrons. The lowest BCUT2D eigenvalue weighted by atomic mass is 10.1. The number of ether oxygens (including phenoxy) is 1. The highest BCUT2D eigenvalue weighted by Crippen LogP contribution is 2.16. The maximum absolute atomic E-state index is 11.6. The normalized spacial score (nSPS) is 12.0. The van der Waals surface area contributed by atoms with E-state index in [1.807, 2.05) is 0 Å². The van der Waals surface area contributed by atoms with Crippen LogP contribution in [-0.4, -0.2) is 12.1 Å². The third kappa shape index (κ3) is 8.03. The topological polar surface area (TPSA) is 26.3 Å². The van der Waals surface area contributed by atoms with E-state index in [4.69, 9.17) is 0 Å². The van der Waals surface area contributed by atoms with Gasteiger partial charge in [0.1, 0.15) is 0 Å². The number of alkyl halides is 3. The Kier molecular flexibility index (Phi) is 6.83. The molecule has 0 fully saturated rings. The minimum Gasteiger partial charge on any atom is -0.428 e. The van der Waals surface area contributed by atoms with Crippen LogP contribution in [0.25, 0.3) is 0 Å². The fourth-order valence-electron chi connectivity index (χ4n) is 0.934. The van der Waals surface area contributed by atoms with Crippen LogP contribution in [0.2, 0.25) is 0 Å². The molecule has 0 aromatic rings. The van der Waals surface area contributed by atoms with Crippen molar-refractivity contribution in [2.24, 2.45) is 0 Å². The SMILES string of the molecule is CCCCCCC=COC(=O)C(F)(F)F. The number of hydrogen-bond donors (Lipinski definition) is 0. The summed E-state index contributed by atoms with van der Waals surface area (Å²) in [4.78, 5) is 10.2. The molecule has 0 aromatic carbocycles. The molecule has 0 bridgehead atoms. The van der Waals surface area contributed by atoms with Crippen molar-refractivity contribution in [2.45, 2.75) is 45.2 Å². The average Bonchev–Trinajstić information content (AvgIpc) is 2.14. The van der Waals surface area contributed by atoms with Crippen LogP contribution in [-0.2, 0) is 9.53 Å². The van der Waals surface area contributed by atoms with Crippen molar-refractivity contribution in [3.63, 3.8) is 0 Å². The van der Waals surface area contributed by atoms with Gasteiger partial charge in [-0.15, -0.1) is 0 Å². The molecule has 5 heteroatoms. The number of carbonyl (C=O) groups excluding carboxylic acids is 1. The maximum Gasteiger partial charge on any atom is 0.491 e. The fraction of sp³-hybridized carbons (Fsp3) is 0.700. The molecule has 0 aliphatic heterocycles. The lowest BCUT2D eigenvalue weighted by Gasteiger charge is -2.01. The van der Waals surface area contributed by atoms with Crippen LogP contribution in [0.4, 0.5) is 13.2 Å². The van der Waals surface area contributed by atoms with E-state index < -0.39 is 12.1 Å². The Morgan fingerprint density at radius 3 is 2.47 bits per heavy atom. The summed E-state index contributed by atoms with van der Waals surface area (Å²) in [5.41, 5.74) is 0. The van der Waals surface area contributed by atoms with Gasteiger partial charge in [0.25, 0.3) is 0 Å². The van der Waals surface area contributed by atoms with Crippen molar-refractivity contribution in [1.82, 2.24) is 0 Å². The van der Waals surface area contributed by atoms with Crippen LogP contribution in [0.5, 0.6) is 0 Å². The Morgan fingerprint density at radius 2 is 1.93 bits per heavy atom. The first-order chi connectivity index (χ1) is 6.98. The first-order valence-corrected chi connectivity index (χ1v) is 4.91. The second-order valence-corrected chi connectivity index (χ2v) is 3.12. The van der Waals surface area contributed by atoms with E-state index in [1.54, 1.807) is 0 Å². The average molecular weight is 224 g/mol. The van der Waals surface area contributed by atoms with Gasteiger partial charge in [-0.1, -0.05) is 26.2 Å². The van der Waals surface area contributed by atoms with Gasteiger partial charge < -0.3 is 4.74 Å². The van der Waals surface area contributed by atoms with Crippen molar-refractivity contribution >= 4 is 5.97 Å². The summed E-state index contributed by atoms with van der Waals surface area (Å²) < 4.78 is 38.7. The molecule has 0 aliphatic carbocycles. The minimum absolute atomic E-state index is 0.630. The van der Waals surface area contributed by atoms with E-state index in [9.17, 15) is 18.0 Å². The van der Waals surface area contributed by atoms with E-state index in [-0.39, 0.29) is 0 Å². The number of carbonyl (C=O) groups is 1. The zero-order chi connectivity index (χ0) is 11.7. The van der Waals surface area contributed by atoms with Gasteiger partial charge in [-0.25, -0.2) is 4.79 Å². The Hall–Kier alpha value is -1.00. The first-order valence-electron chi connectivity index (χ1n) is 4.91. The van der Waals surface area contributed by atoms with Crippen molar-refractivity contribution in [3.05, 3.63) is 12.3 Å². The molecule has 0 aliphatic rings. The van der Waals surface area contributed by atoms with E-state index in [0.29, 0.717) is 6.42 Å². The van der Waals surface area contributed by atoms with Gasteiger partial charge in [-0.05, 0) is 18.9 Å². The molecule has 0 rings (SSSR count). The van der Waals surface area contributed by atoms with Gasteiger partial charge in [-0.2, -0.15) is 13.2 Å². The van der Waals surface area contributed by atoms with Crippen LogP contribution in [0.15, 0.2) is 12.3 Å². The highest BCUT2D eigenvalue weighted by Gasteiger charge is 2.40. The molecule has 0 spiro atoms. The minimum atomic E-state index is -4.91. The summed E-state index contributed by atoms with van der Waals surface area (Å²) in [6.45, 7) is 2.07. The standard InChI is InChI=1S/C10H15F3O2/c1-2-3-4-5-6-7-8-15-9(14)10(11,12)13/h7-8H,2-6H2,1H3. The third-order valence-electron chi connectivity index (χ3n) is 1.73. The Balaban J connectivity index is 3.51. The molecular formula is C10H15F3O2. The number of hydrogen-bond acceptors (Lipinski definition) is 2. The molecule has 0 N–H and O–H groups in total. The van der Waals surface area contributed by atoms with Gasteiger partial charge in [-0.3, -0.25) is 0 Å². The van der Waals surface area contributed by atoms with Gasteiger partial charge in [0.2, 0.25) is 0 Å². The fourth-order valence-corrected chi connectivity index (χ4v) is 0.934. The number of rotatable bonds is 6. The third-order valence-corrected chi connectivity index (χ3v) is 1.73. The quantitative estimate of drug-likeness (QED) is 0.391. The molecular weight excluding hydrogens is 209 g/mol. The highest BCUT2D eigenvalue weighted by atomic mass is 19.4. The van der Waals surface area contributed by atoms with E-state index >= 15 is 0 Å². The molecule has 2 nitrogen and oxygen atoms in total. The molecule has 0 amide bonds. The van der Waals surface area contributed by atoms with Crippen LogP contribution < -0.4 is 0 Å². The van der Waals surface area contributed by atoms with Crippen LogP contribution in [0, 0.1) is 0 Å². The van der Waals surface area contributed by atoms with Crippen molar-refractivity contribution in [1.29, 1.82) is 0 Å². The largest absolute Gasteiger partial charge is 0.491 e. The summed E-state index contributed by atoms with van der Waals surface area (Å²) in [5.74, 6) is -2.17. The first kappa shape index (κ1) is 14.0. The molecule has 88 valence electrons. The molecule has 0 heterocycles. The zero-order valence-electron chi connectivity index (χ0n) is 8.64. The smallest absolute Gasteiger partial charge is 0.428 e. The predicted molar refractivity (Wildman–Crippen MR) is 50.0 cm³/mol. The zero-order valence-corrected chi connectivity index (χ0v) is 8.64. The van der Waals surface area contributed by atoms with Gasteiger partial charge >= 0.3 is 12.1 Å². The van der Waals surface area contributed by atoms with Crippen LogP contribution >= 0.6 is 0 Å². The lowest BCUT2D eigenvalue weighted by molar-refractivity contribution is -0.193. The Labute approximate surface area is 87.1 Å². The predicted octanol–water partition coefficient (Wildman–Crippen LogP) is 3.58. The number of halogens is 3. The number of unbranched alkanes of at least 4 members (excludes halogenated alkanes) is 4. The monoisotopic (exact) mass is 224 g/mol. The van der Waals surface area contributed by atoms with E-state index in [0.717, 1.165) is 31.9 Å².